The van der Waals surface area contributed by atoms with Crippen LogP contribution in [-0.2, 0) is 4.79 Å². The van der Waals surface area contributed by atoms with Gasteiger partial charge in [0.15, 0.2) is 0 Å². The zero-order valence-electron chi connectivity index (χ0n) is 13.0. The molecule has 0 spiro atoms. The third-order valence-corrected chi connectivity index (χ3v) is 3.49. The van der Waals surface area contributed by atoms with E-state index in [1.54, 1.807) is 0 Å². The van der Waals surface area contributed by atoms with Crippen molar-refractivity contribution in [2.45, 2.75) is 71.4 Å². The van der Waals surface area contributed by atoms with Crippen molar-refractivity contribution in [1.29, 1.82) is 0 Å². The van der Waals surface area contributed by atoms with Gasteiger partial charge in [0.25, 0.3) is 0 Å². The van der Waals surface area contributed by atoms with Gasteiger partial charge in [-0.1, -0.05) is 26.7 Å². The predicted octanol–water partition coefficient (Wildman–Crippen LogP) is 3.49. The van der Waals surface area contributed by atoms with E-state index in [1.807, 2.05) is 39.8 Å². The third kappa shape index (κ3) is 5.00. The van der Waals surface area contributed by atoms with Crippen LogP contribution in [0.2, 0.25) is 0 Å². The molecule has 1 aromatic rings. The summed E-state index contributed by atoms with van der Waals surface area (Å²) in [6, 6.07) is 3.57. The summed E-state index contributed by atoms with van der Waals surface area (Å²) < 4.78 is 5.49. The number of carbonyl (C=O) groups excluding carboxylic acids is 1. The van der Waals surface area contributed by atoms with Gasteiger partial charge in [0.05, 0.1) is 18.1 Å². The van der Waals surface area contributed by atoms with Crippen LogP contribution in [0, 0.1) is 6.92 Å². The monoisotopic (exact) mass is 281 g/mol. The second kappa shape index (κ2) is 7.48. The van der Waals surface area contributed by atoms with Gasteiger partial charge in [0, 0.05) is 0 Å². The molecule has 2 N–H and O–H groups in total. The van der Waals surface area contributed by atoms with Gasteiger partial charge in [-0.15, -0.1) is 0 Å². The largest absolute Gasteiger partial charge is 0.464 e. The van der Waals surface area contributed by atoms with Crippen molar-refractivity contribution in [3.05, 3.63) is 23.7 Å². The molecule has 1 aromatic heterocycles. The summed E-state index contributed by atoms with van der Waals surface area (Å²) in [5.74, 6) is 1.44. The topological polar surface area (TPSA) is 62.5 Å². The van der Waals surface area contributed by atoms with Gasteiger partial charge in [0.1, 0.15) is 11.5 Å². The Kier molecular flexibility index (Phi) is 6.27. The number of nitrogens with one attached hydrogen (secondary N) is 1. The number of aryl methyl sites for hydroxylation is 1. The van der Waals surface area contributed by atoms with E-state index in [4.69, 9.17) is 4.42 Å². The molecular formula is C16H27NO3. The van der Waals surface area contributed by atoms with E-state index in [0.29, 0.717) is 12.8 Å². The Bertz CT molecular complexity index is 419. The molecule has 0 aliphatic heterocycles. The molecule has 1 amide bonds. The smallest absolute Gasteiger partial charge is 0.223 e. The third-order valence-electron chi connectivity index (χ3n) is 3.49. The summed E-state index contributed by atoms with van der Waals surface area (Å²) >= 11 is 0. The molecule has 0 radical (unpaired) electrons. The molecule has 20 heavy (non-hydrogen) atoms. The minimum Gasteiger partial charge on any atom is -0.464 e. The van der Waals surface area contributed by atoms with Crippen molar-refractivity contribution in [2.24, 2.45) is 0 Å². The maximum Gasteiger partial charge on any atom is 0.223 e. The molecule has 1 unspecified atom stereocenters. The highest BCUT2D eigenvalue weighted by atomic mass is 16.3. The first-order valence-electron chi connectivity index (χ1n) is 7.48. The molecule has 0 saturated heterocycles. The maximum atomic E-state index is 12.1. The fraction of sp³-hybridized carbons (Fsp3) is 0.688. The molecule has 0 aromatic carbocycles. The van der Waals surface area contributed by atoms with Crippen molar-refractivity contribution >= 4 is 5.91 Å². The summed E-state index contributed by atoms with van der Waals surface area (Å²) in [7, 11) is 0. The van der Waals surface area contributed by atoms with E-state index in [9.17, 15) is 9.90 Å². The Morgan fingerprint density at radius 3 is 2.40 bits per heavy atom. The SMILES string of the molecule is CCCC(O)(CCC)CC(=O)NC(C)c1ccc(C)o1. The van der Waals surface area contributed by atoms with E-state index in [0.717, 1.165) is 24.4 Å². The van der Waals surface area contributed by atoms with Crippen LogP contribution in [0.3, 0.4) is 0 Å². The summed E-state index contributed by atoms with van der Waals surface area (Å²) in [5.41, 5.74) is -0.883. The fourth-order valence-electron chi connectivity index (χ4n) is 2.58. The molecule has 1 rings (SSSR count). The Morgan fingerprint density at radius 1 is 1.35 bits per heavy atom. The number of carbonyl (C=O) groups is 1. The van der Waals surface area contributed by atoms with Crippen LogP contribution in [0.25, 0.3) is 0 Å². The van der Waals surface area contributed by atoms with Crippen LogP contribution in [0.4, 0.5) is 0 Å². The van der Waals surface area contributed by atoms with Crippen molar-refractivity contribution in [3.63, 3.8) is 0 Å². The van der Waals surface area contributed by atoms with Gasteiger partial charge in [0.2, 0.25) is 5.91 Å². The number of rotatable bonds is 8. The first-order chi connectivity index (χ1) is 9.40. The van der Waals surface area contributed by atoms with Gasteiger partial charge in [-0.05, 0) is 38.8 Å². The van der Waals surface area contributed by atoms with Crippen LogP contribution in [0.1, 0.15) is 70.4 Å². The Balaban J connectivity index is 2.57. The highest BCUT2D eigenvalue weighted by Crippen LogP contribution is 2.24. The van der Waals surface area contributed by atoms with Gasteiger partial charge < -0.3 is 14.8 Å². The standard InChI is InChI=1S/C16H27NO3/c1-5-9-16(19,10-6-2)11-15(18)17-13(4)14-8-7-12(3)20-14/h7-8,13,19H,5-6,9-11H2,1-4H3,(H,17,18). The minimum absolute atomic E-state index is 0.129. The zero-order chi connectivity index (χ0) is 15.2. The van der Waals surface area contributed by atoms with E-state index in [-0.39, 0.29) is 18.4 Å². The van der Waals surface area contributed by atoms with Gasteiger partial charge >= 0.3 is 0 Å². The second-order valence-corrected chi connectivity index (χ2v) is 5.64. The minimum atomic E-state index is -0.883. The molecule has 4 nitrogen and oxygen atoms in total. The molecule has 1 heterocycles. The number of hydrogen-bond donors (Lipinski definition) is 2. The average molecular weight is 281 g/mol. The van der Waals surface area contributed by atoms with E-state index < -0.39 is 5.60 Å². The summed E-state index contributed by atoms with van der Waals surface area (Å²) in [5, 5.41) is 13.4. The molecule has 0 aliphatic rings. The second-order valence-electron chi connectivity index (χ2n) is 5.64. The van der Waals surface area contributed by atoms with E-state index >= 15 is 0 Å². The fourth-order valence-corrected chi connectivity index (χ4v) is 2.58. The average Bonchev–Trinajstić information content (AvgIpc) is 2.75. The highest BCUT2D eigenvalue weighted by Gasteiger charge is 2.28. The summed E-state index contributed by atoms with van der Waals surface area (Å²) in [6.45, 7) is 7.80. The van der Waals surface area contributed by atoms with E-state index in [1.165, 1.54) is 0 Å². The summed E-state index contributed by atoms with van der Waals surface area (Å²) in [6.07, 6.45) is 3.21. The maximum absolute atomic E-state index is 12.1. The number of aliphatic hydroxyl groups is 1. The molecule has 4 heteroatoms. The predicted molar refractivity (Wildman–Crippen MR) is 79.4 cm³/mol. The Labute approximate surface area is 121 Å². The molecular weight excluding hydrogens is 254 g/mol. The quantitative estimate of drug-likeness (QED) is 0.766. The van der Waals surface area contributed by atoms with Crippen molar-refractivity contribution in [2.75, 3.05) is 0 Å². The van der Waals surface area contributed by atoms with Crippen LogP contribution in [0.15, 0.2) is 16.5 Å². The lowest BCUT2D eigenvalue weighted by Gasteiger charge is -2.27. The molecule has 1 atom stereocenters. The lowest BCUT2D eigenvalue weighted by molar-refractivity contribution is -0.127. The summed E-state index contributed by atoms with van der Waals surface area (Å²) in [4.78, 5) is 12.1. The van der Waals surface area contributed by atoms with Crippen LogP contribution >= 0.6 is 0 Å². The van der Waals surface area contributed by atoms with Gasteiger partial charge in [-0.3, -0.25) is 4.79 Å². The lowest BCUT2D eigenvalue weighted by Crippen LogP contribution is -2.37. The highest BCUT2D eigenvalue weighted by molar-refractivity contribution is 5.77. The zero-order valence-corrected chi connectivity index (χ0v) is 13.0. The van der Waals surface area contributed by atoms with Crippen molar-refractivity contribution in [1.82, 2.24) is 5.32 Å². The number of hydrogen-bond acceptors (Lipinski definition) is 3. The number of amides is 1. The Hall–Kier alpha value is -1.29. The van der Waals surface area contributed by atoms with Crippen molar-refractivity contribution in [3.8, 4) is 0 Å². The first-order valence-corrected chi connectivity index (χ1v) is 7.48. The normalized spacial score (nSPS) is 13.2. The first kappa shape index (κ1) is 16.8. The van der Waals surface area contributed by atoms with Crippen molar-refractivity contribution < 1.29 is 14.3 Å². The van der Waals surface area contributed by atoms with Gasteiger partial charge in [-0.25, -0.2) is 0 Å². The number of furan rings is 1. The Morgan fingerprint density at radius 2 is 1.95 bits per heavy atom. The van der Waals surface area contributed by atoms with E-state index in [2.05, 4.69) is 5.32 Å². The van der Waals surface area contributed by atoms with Gasteiger partial charge in [-0.2, -0.15) is 0 Å². The van der Waals surface area contributed by atoms with Crippen LogP contribution in [0.5, 0.6) is 0 Å². The van der Waals surface area contributed by atoms with Crippen LogP contribution < -0.4 is 5.32 Å². The molecule has 0 bridgehead atoms. The molecule has 0 aliphatic carbocycles. The molecule has 0 fully saturated rings. The molecule has 0 saturated carbocycles. The lowest BCUT2D eigenvalue weighted by atomic mass is 9.89. The van der Waals surface area contributed by atoms with Crippen LogP contribution in [-0.4, -0.2) is 16.6 Å². The molecule has 114 valence electrons.